The van der Waals surface area contributed by atoms with Crippen LogP contribution in [0.2, 0.25) is 0 Å². The van der Waals surface area contributed by atoms with Crippen LogP contribution in [0.5, 0.6) is 0 Å². The molecular formula is C24H33N7O3. The van der Waals surface area contributed by atoms with Crippen molar-refractivity contribution in [3.63, 3.8) is 0 Å². The normalized spacial score (nSPS) is 27.9. The average molecular weight is 468 g/mol. The molecule has 1 saturated carbocycles. The molecular weight excluding hydrogens is 434 g/mol. The number of esters is 1. The molecule has 3 N–H and O–H groups in total. The predicted octanol–water partition coefficient (Wildman–Crippen LogP) is 3.45. The molecule has 10 nitrogen and oxygen atoms in total. The number of amides is 1. The molecule has 1 spiro atoms. The quantitative estimate of drug-likeness (QED) is 0.288. The summed E-state index contributed by atoms with van der Waals surface area (Å²) < 4.78 is 5.11. The van der Waals surface area contributed by atoms with E-state index in [1.54, 1.807) is 24.2 Å². The van der Waals surface area contributed by atoms with Gasteiger partial charge in [0.15, 0.2) is 0 Å². The monoisotopic (exact) mass is 467 g/mol. The minimum Gasteiger partial charge on any atom is -0.456 e. The summed E-state index contributed by atoms with van der Waals surface area (Å²) in [4.78, 5) is 35.8. The summed E-state index contributed by atoms with van der Waals surface area (Å²) in [6, 6.07) is -0.361. The van der Waals surface area contributed by atoms with Crippen LogP contribution in [0.3, 0.4) is 0 Å². The third kappa shape index (κ3) is 4.64. The van der Waals surface area contributed by atoms with Gasteiger partial charge in [0.25, 0.3) is 0 Å². The maximum Gasteiger partial charge on any atom is 0.336 e. The Morgan fingerprint density at radius 3 is 2.59 bits per heavy atom. The lowest BCUT2D eigenvalue weighted by atomic mass is 9.67. The first kappa shape index (κ1) is 24.1. The molecule has 1 saturated heterocycles. The molecule has 1 aromatic rings. The molecule has 1 unspecified atom stereocenters. The summed E-state index contributed by atoms with van der Waals surface area (Å²) >= 11 is 0. The second-order valence-electron chi connectivity index (χ2n) is 9.91. The first-order chi connectivity index (χ1) is 16.3. The van der Waals surface area contributed by atoms with E-state index in [-0.39, 0.29) is 35.5 Å². The average Bonchev–Trinajstić information content (AvgIpc) is 3.34. The molecule has 0 bridgehead atoms. The number of aromatic nitrogens is 2. The van der Waals surface area contributed by atoms with Gasteiger partial charge >= 0.3 is 5.97 Å². The summed E-state index contributed by atoms with van der Waals surface area (Å²) in [5.41, 5.74) is 9.67. The van der Waals surface area contributed by atoms with Gasteiger partial charge < -0.3 is 20.4 Å². The summed E-state index contributed by atoms with van der Waals surface area (Å²) in [7, 11) is 0. The Balaban J connectivity index is 1.32. The third-order valence-electron chi connectivity index (χ3n) is 7.73. The van der Waals surface area contributed by atoms with E-state index in [1.165, 1.54) is 6.21 Å². The van der Waals surface area contributed by atoms with E-state index in [0.29, 0.717) is 37.2 Å². The molecule has 3 aliphatic rings. The highest BCUT2D eigenvalue weighted by Crippen LogP contribution is 2.49. The number of nitrogens with one attached hydrogen (secondary N) is 3. The Morgan fingerprint density at radius 1 is 1.24 bits per heavy atom. The van der Waals surface area contributed by atoms with E-state index < -0.39 is 0 Å². The molecule has 2 aliphatic heterocycles. The van der Waals surface area contributed by atoms with Gasteiger partial charge in [0.05, 0.1) is 40.5 Å². The van der Waals surface area contributed by atoms with Crippen molar-refractivity contribution in [2.45, 2.75) is 76.9 Å². The second-order valence-corrected chi connectivity index (χ2v) is 9.91. The number of ether oxygens (including phenoxy) is 1. The highest BCUT2D eigenvalue weighted by Gasteiger charge is 2.52. The van der Waals surface area contributed by atoms with E-state index in [2.05, 4.69) is 27.3 Å². The predicted molar refractivity (Wildman–Crippen MR) is 124 cm³/mol. The van der Waals surface area contributed by atoms with Gasteiger partial charge in [-0.15, -0.1) is 0 Å². The van der Waals surface area contributed by atoms with E-state index in [9.17, 15) is 9.59 Å². The van der Waals surface area contributed by atoms with Gasteiger partial charge in [-0.25, -0.2) is 10.3 Å². The van der Waals surface area contributed by atoms with Gasteiger partial charge in [0, 0.05) is 18.6 Å². The minimum absolute atomic E-state index is 0.0933. The molecule has 10 heteroatoms. The van der Waals surface area contributed by atoms with Gasteiger partial charge in [0.1, 0.15) is 12.6 Å². The zero-order chi connectivity index (χ0) is 24.3. The molecule has 1 amide bonds. The van der Waals surface area contributed by atoms with Crippen LogP contribution >= 0.6 is 0 Å². The van der Waals surface area contributed by atoms with Crippen molar-refractivity contribution < 1.29 is 14.3 Å². The van der Waals surface area contributed by atoms with Crippen molar-refractivity contribution in [2.75, 3.05) is 13.2 Å². The molecule has 3 heterocycles. The van der Waals surface area contributed by atoms with Crippen LogP contribution in [0.4, 0.5) is 0 Å². The molecule has 0 radical (unpaired) electrons. The zero-order valence-corrected chi connectivity index (χ0v) is 19.9. The summed E-state index contributed by atoms with van der Waals surface area (Å²) in [6.45, 7) is 5.36. The van der Waals surface area contributed by atoms with E-state index >= 15 is 0 Å². The van der Waals surface area contributed by atoms with Crippen LogP contribution in [0.25, 0.3) is 0 Å². The standard InChI is InChI=1S/C24H33N7O3/c1-16-20(15-34-21(16)32)31-11-9-24(22(31)33)7-5-23(2,6-8-24)29-13-17-12-28-19(14-27-17)18(30-26)4-3-10-25/h10,12,14,18,25-26,29H,3-9,11,13,15H2,1-2H3. The topological polar surface area (TPSA) is 144 Å². The van der Waals surface area contributed by atoms with Gasteiger partial charge in [-0.1, -0.05) is 0 Å². The fourth-order valence-corrected chi connectivity index (χ4v) is 5.20. The van der Waals surface area contributed by atoms with Crippen LogP contribution in [-0.4, -0.2) is 51.6 Å². The number of carbonyl (C=O) groups is 2. The van der Waals surface area contributed by atoms with Crippen molar-refractivity contribution in [2.24, 2.45) is 10.5 Å². The first-order valence-electron chi connectivity index (χ1n) is 11.9. The molecule has 0 aromatic carbocycles. The number of nitrogens with zero attached hydrogens (tertiary/aromatic N) is 4. The van der Waals surface area contributed by atoms with Gasteiger partial charge in [-0.2, -0.15) is 5.11 Å². The molecule has 4 rings (SSSR count). The Labute approximate surface area is 199 Å². The van der Waals surface area contributed by atoms with Gasteiger partial charge in [-0.3, -0.25) is 14.8 Å². The minimum atomic E-state index is -0.361. The van der Waals surface area contributed by atoms with Crippen molar-refractivity contribution in [3.8, 4) is 0 Å². The Kier molecular flexibility index (Phi) is 6.88. The first-order valence-corrected chi connectivity index (χ1v) is 11.9. The maximum atomic E-state index is 13.3. The van der Waals surface area contributed by atoms with Crippen LogP contribution in [0, 0.1) is 16.4 Å². The summed E-state index contributed by atoms with van der Waals surface area (Å²) in [6.07, 6.45) is 10.1. The zero-order valence-electron chi connectivity index (χ0n) is 19.9. The summed E-state index contributed by atoms with van der Waals surface area (Å²) in [5.74, 6) is -0.183. The number of carbonyl (C=O) groups excluding carboxylic acids is 2. The third-order valence-corrected chi connectivity index (χ3v) is 7.73. The van der Waals surface area contributed by atoms with Gasteiger partial charge in [-0.05, 0) is 65.0 Å². The van der Waals surface area contributed by atoms with E-state index in [0.717, 1.165) is 43.5 Å². The van der Waals surface area contributed by atoms with Crippen molar-refractivity contribution in [1.29, 1.82) is 10.9 Å². The highest BCUT2D eigenvalue weighted by molar-refractivity contribution is 5.94. The SMILES string of the molecule is CC1=C(N2CCC3(CCC(C)(NCc4cnc(C(CCC=N)N=N)cn4)CC3)C2=O)COC1=O. The number of cyclic esters (lactones) is 1. The van der Waals surface area contributed by atoms with E-state index in [1.807, 2.05) is 0 Å². The fourth-order valence-electron chi connectivity index (χ4n) is 5.20. The summed E-state index contributed by atoms with van der Waals surface area (Å²) in [5, 5.41) is 14.4. The largest absolute Gasteiger partial charge is 0.456 e. The number of rotatable bonds is 9. The lowest BCUT2D eigenvalue weighted by Crippen LogP contribution is -2.49. The Hall–Kier alpha value is -3.01. The van der Waals surface area contributed by atoms with Crippen molar-refractivity contribution >= 4 is 18.1 Å². The second kappa shape index (κ2) is 9.69. The number of hydrogen-bond acceptors (Lipinski definition) is 9. The van der Waals surface area contributed by atoms with Crippen LogP contribution in [0.15, 0.2) is 28.8 Å². The Bertz CT molecular complexity index is 996. The highest BCUT2D eigenvalue weighted by atomic mass is 16.5. The van der Waals surface area contributed by atoms with Crippen LogP contribution in [0.1, 0.15) is 76.2 Å². The van der Waals surface area contributed by atoms with Crippen molar-refractivity contribution in [3.05, 3.63) is 35.1 Å². The number of hydrogen-bond donors (Lipinski definition) is 3. The molecule has 182 valence electrons. The molecule has 2 fully saturated rings. The molecule has 1 aromatic heterocycles. The fraction of sp³-hybridized carbons (Fsp3) is 0.625. The lowest BCUT2D eigenvalue weighted by molar-refractivity contribution is -0.138. The Morgan fingerprint density at radius 2 is 2.00 bits per heavy atom. The van der Waals surface area contributed by atoms with Gasteiger partial charge in [0.2, 0.25) is 5.91 Å². The van der Waals surface area contributed by atoms with Crippen LogP contribution < -0.4 is 5.32 Å². The van der Waals surface area contributed by atoms with Crippen LogP contribution in [-0.2, 0) is 20.9 Å². The van der Waals surface area contributed by atoms with E-state index in [4.69, 9.17) is 15.7 Å². The molecule has 1 atom stereocenters. The lowest BCUT2D eigenvalue weighted by Gasteiger charge is -2.42. The molecule has 34 heavy (non-hydrogen) atoms. The smallest absolute Gasteiger partial charge is 0.336 e. The maximum absolute atomic E-state index is 13.3. The number of likely N-dealkylation sites (tertiary alicyclic amines) is 1. The van der Waals surface area contributed by atoms with Crippen molar-refractivity contribution in [1.82, 2.24) is 20.2 Å². The molecule has 1 aliphatic carbocycles.